The highest BCUT2D eigenvalue weighted by molar-refractivity contribution is 7.80. The number of rotatable bonds is 6. The Balaban J connectivity index is 1.94. The van der Waals surface area contributed by atoms with Gasteiger partial charge in [0.2, 0.25) is 5.91 Å². The fourth-order valence-corrected chi connectivity index (χ4v) is 2.25. The van der Waals surface area contributed by atoms with Crippen molar-refractivity contribution >= 4 is 40.7 Å². The molecule has 140 valence electrons. The van der Waals surface area contributed by atoms with Gasteiger partial charge in [-0.15, -0.1) is 0 Å². The Bertz CT molecular complexity index is 885. The molecule has 0 atom stereocenters. The lowest BCUT2D eigenvalue weighted by atomic mass is 10.2. The molecule has 9 heteroatoms. The van der Waals surface area contributed by atoms with E-state index < -0.39 is 16.6 Å². The number of nitro benzene ring substituents is 1. The summed E-state index contributed by atoms with van der Waals surface area (Å²) in [7, 11) is 0. The van der Waals surface area contributed by atoms with Crippen LogP contribution < -0.4 is 15.4 Å². The maximum Gasteiger partial charge on any atom is 0.271 e. The van der Waals surface area contributed by atoms with Gasteiger partial charge in [0.15, 0.2) is 5.11 Å². The summed E-state index contributed by atoms with van der Waals surface area (Å²) in [4.78, 5) is 22.0. The minimum Gasteiger partial charge on any atom is -0.494 e. The summed E-state index contributed by atoms with van der Waals surface area (Å²) in [5.41, 5.74) is 0.269. The average Bonchev–Trinajstić information content (AvgIpc) is 2.63. The van der Waals surface area contributed by atoms with Crippen LogP contribution in [0.1, 0.15) is 12.5 Å². The molecule has 0 aliphatic carbocycles. The summed E-state index contributed by atoms with van der Waals surface area (Å²) < 4.78 is 19.0. The molecule has 1 amide bonds. The number of nitro groups is 1. The van der Waals surface area contributed by atoms with Crippen LogP contribution >= 0.6 is 12.2 Å². The number of amides is 1. The van der Waals surface area contributed by atoms with Gasteiger partial charge in [0.1, 0.15) is 11.6 Å². The zero-order chi connectivity index (χ0) is 19.8. The van der Waals surface area contributed by atoms with Gasteiger partial charge in [-0.2, -0.15) is 0 Å². The third-order valence-corrected chi connectivity index (χ3v) is 3.47. The van der Waals surface area contributed by atoms with Crippen LogP contribution in [0, 0.1) is 15.9 Å². The van der Waals surface area contributed by atoms with Crippen molar-refractivity contribution in [1.29, 1.82) is 0 Å². The maximum absolute atomic E-state index is 13.7. The van der Waals surface area contributed by atoms with Crippen LogP contribution in [0.2, 0.25) is 0 Å². The van der Waals surface area contributed by atoms with E-state index >= 15 is 0 Å². The molecule has 0 aliphatic heterocycles. The zero-order valence-electron chi connectivity index (χ0n) is 14.3. The van der Waals surface area contributed by atoms with Crippen LogP contribution in [0.3, 0.4) is 0 Å². The fourth-order valence-electron chi connectivity index (χ4n) is 2.04. The molecule has 0 spiro atoms. The van der Waals surface area contributed by atoms with E-state index in [1.54, 1.807) is 30.3 Å². The van der Waals surface area contributed by atoms with Gasteiger partial charge in [-0.25, -0.2) is 4.39 Å². The Morgan fingerprint density at radius 2 is 2.00 bits per heavy atom. The number of nitrogens with zero attached hydrogens (tertiary/aromatic N) is 1. The first-order valence-corrected chi connectivity index (χ1v) is 8.26. The van der Waals surface area contributed by atoms with Crippen molar-refractivity contribution in [3.05, 3.63) is 70.0 Å². The summed E-state index contributed by atoms with van der Waals surface area (Å²) >= 11 is 4.93. The fraction of sp³-hybridized carbons (Fsp3) is 0.111. The highest BCUT2D eigenvalue weighted by Crippen LogP contribution is 2.21. The monoisotopic (exact) mass is 389 g/mol. The van der Waals surface area contributed by atoms with Gasteiger partial charge < -0.3 is 10.1 Å². The lowest BCUT2D eigenvalue weighted by Gasteiger charge is -2.09. The Labute approximate surface area is 160 Å². The van der Waals surface area contributed by atoms with Crippen LogP contribution in [0.25, 0.3) is 6.08 Å². The highest BCUT2D eigenvalue weighted by atomic mass is 32.1. The van der Waals surface area contributed by atoms with Gasteiger partial charge in [0, 0.05) is 18.2 Å². The normalized spacial score (nSPS) is 10.4. The maximum atomic E-state index is 13.7. The molecule has 2 N–H and O–H groups in total. The Hall–Kier alpha value is -3.33. The molecule has 2 aromatic carbocycles. The van der Waals surface area contributed by atoms with Crippen molar-refractivity contribution in [2.45, 2.75) is 6.92 Å². The van der Waals surface area contributed by atoms with Gasteiger partial charge in [-0.1, -0.05) is 12.1 Å². The smallest absolute Gasteiger partial charge is 0.271 e. The number of halogens is 1. The van der Waals surface area contributed by atoms with Crippen LogP contribution in [0.5, 0.6) is 5.75 Å². The molecule has 7 nitrogen and oxygen atoms in total. The van der Waals surface area contributed by atoms with E-state index in [-0.39, 0.29) is 16.5 Å². The molecule has 0 heterocycles. The van der Waals surface area contributed by atoms with Crippen LogP contribution in [0.4, 0.5) is 15.8 Å². The second-order valence-electron chi connectivity index (χ2n) is 5.20. The van der Waals surface area contributed by atoms with Crippen LogP contribution in [0.15, 0.2) is 48.5 Å². The molecule has 2 rings (SSSR count). The molecule has 0 aromatic heterocycles. The standard InChI is InChI=1S/C18H16FN3O4S/c1-2-26-14-7-3-12(4-8-14)5-10-17(23)21-18(27)20-16-11-13(22(24)25)6-9-15(16)19/h3-11H,2H2,1H3,(H2,20,21,23,27)/b10-5+. The van der Waals surface area contributed by atoms with Crippen molar-refractivity contribution in [3.63, 3.8) is 0 Å². The Kier molecular flexibility index (Phi) is 6.95. The number of anilines is 1. The quantitative estimate of drug-likeness (QED) is 0.339. The predicted molar refractivity (Wildman–Crippen MR) is 104 cm³/mol. The van der Waals surface area contributed by atoms with E-state index in [1.807, 2.05) is 6.92 Å². The van der Waals surface area contributed by atoms with E-state index in [1.165, 1.54) is 6.08 Å². The van der Waals surface area contributed by atoms with Crippen LogP contribution in [-0.2, 0) is 4.79 Å². The number of benzene rings is 2. The van der Waals surface area contributed by atoms with E-state index in [2.05, 4.69) is 10.6 Å². The number of non-ortho nitro benzene ring substituents is 1. The lowest BCUT2D eigenvalue weighted by molar-refractivity contribution is -0.384. The number of carbonyl (C=O) groups is 1. The molecule has 0 saturated heterocycles. The average molecular weight is 389 g/mol. The number of carbonyl (C=O) groups excluding carboxylic acids is 1. The summed E-state index contributed by atoms with van der Waals surface area (Å²) in [6, 6.07) is 10.1. The SMILES string of the molecule is CCOc1ccc(/C=C/C(=O)NC(=S)Nc2cc([N+](=O)[O-])ccc2F)cc1. The summed E-state index contributed by atoms with van der Waals surface area (Å²) in [6.07, 6.45) is 2.83. The molecule has 0 aliphatic rings. The number of hydrogen-bond acceptors (Lipinski definition) is 5. The van der Waals surface area contributed by atoms with Crippen molar-refractivity contribution in [1.82, 2.24) is 5.32 Å². The number of hydrogen-bond donors (Lipinski definition) is 2. The van der Waals surface area contributed by atoms with Gasteiger partial charge in [0.25, 0.3) is 5.69 Å². The summed E-state index contributed by atoms with van der Waals surface area (Å²) in [6.45, 7) is 2.45. The topological polar surface area (TPSA) is 93.5 Å². The van der Waals surface area contributed by atoms with Crippen molar-refractivity contribution < 1.29 is 18.8 Å². The highest BCUT2D eigenvalue weighted by Gasteiger charge is 2.12. The third kappa shape index (κ3) is 6.15. The molecule has 0 unspecified atom stereocenters. The first-order valence-electron chi connectivity index (χ1n) is 7.86. The van der Waals surface area contributed by atoms with Crippen LogP contribution in [-0.4, -0.2) is 22.5 Å². The van der Waals surface area contributed by atoms with Crippen molar-refractivity contribution in [2.24, 2.45) is 0 Å². The summed E-state index contributed by atoms with van der Waals surface area (Å²) in [5.74, 6) is -0.544. The largest absolute Gasteiger partial charge is 0.494 e. The van der Waals surface area contributed by atoms with E-state index in [4.69, 9.17) is 17.0 Å². The molecule has 0 radical (unpaired) electrons. The third-order valence-electron chi connectivity index (χ3n) is 3.26. The second-order valence-corrected chi connectivity index (χ2v) is 5.61. The Morgan fingerprint density at radius 3 is 2.63 bits per heavy atom. The lowest BCUT2D eigenvalue weighted by Crippen LogP contribution is -2.33. The molecule has 27 heavy (non-hydrogen) atoms. The van der Waals surface area contributed by atoms with Gasteiger partial charge in [-0.05, 0) is 49.0 Å². The summed E-state index contributed by atoms with van der Waals surface area (Å²) in [5, 5.41) is 15.3. The number of ether oxygens (including phenoxy) is 1. The molecule has 0 saturated carbocycles. The predicted octanol–water partition coefficient (Wildman–Crippen LogP) is 3.66. The molecule has 0 fully saturated rings. The molecule has 2 aromatic rings. The van der Waals surface area contributed by atoms with Gasteiger partial charge in [0.05, 0.1) is 17.2 Å². The number of thiocarbonyl (C=S) groups is 1. The first-order chi connectivity index (χ1) is 12.9. The first kappa shape index (κ1) is 20.0. The second kappa shape index (κ2) is 9.39. The molecular formula is C18H16FN3O4S. The van der Waals surface area contributed by atoms with Gasteiger partial charge in [-0.3, -0.25) is 20.2 Å². The van der Waals surface area contributed by atoms with Crippen molar-refractivity contribution in [3.8, 4) is 5.75 Å². The molecule has 0 bridgehead atoms. The van der Waals surface area contributed by atoms with E-state index in [0.717, 1.165) is 29.5 Å². The van der Waals surface area contributed by atoms with Crippen molar-refractivity contribution in [2.75, 3.05) is 11.9 Å². The van der Waals surface area contributed by atoms with E-state index in [0.29, 0.717) is 6.61 Å². The Morgan fingerprint density at radius 1 is 1.30 bits per heavy atom. The minimum absolute atomic E-state index is 0.184. The van der Waals surface area contributed by atoms with E-state index in [9.17, 15) is 19.3 Å². The number of nitrogens with one attached hydrogen (secondary N) is 2. The van der Waals surface area contributed by atoms with Gasteiger partial charge >= 0.3 is 0 Å². The zero-order valence-corrected chi connectivity index (χ0v) is 15.1. The molecular weight excluding hydrogens is 373 g/mol. The minimum atomic E-state index is -0.734.